The topological polar surface area (TPSA) is 9.49 Å². The summed E-state index contributed by atoms with van der Waals surface area (Å²) in [7, 11) is 0. The predicted octanol–water partition coefficient (Wildman–Crippen LogP) is 9.29. The SMILES string of the molecule is CCCCN(CCCC)c1ccc([N+](=C2C=CCC=C2)c2ccc(N(CCCC)CCCC)cc2)cc1. The Balaban J connectivity index is 1.91. The van der Waals surface area contributed by atoms with Crippen LogP contribution in [0.15, 0.2) is 72.8 Å². The number of benzene rings is 2. The fourth-order valence-corrected chi connectivity index (χ4v) is 4.87. The molecule has 1 aliphatic carbocycles. The molecule has 1 aliphatic rings. The van der Waals surface area contributed by atoms with Crippen LogP contribution in [0.25, 0.3) is 0 Å². The lowest BCUT2D eigenvalue weighted by Crippen LogP contribution is -2.25. The molecule has 0 saturated heterocycles. The summed E-state index contributed by atoms with van der Waals surface area (Å²) in [4.78, 5) is 5.12. The highest BCUT2D eigenvalue weighted by Crippen LogP contribution is 2.28. The van der Waals surface area contributed by atoms with Crippen LogP contribution in [0.1, 0.15) is 85.5 Å². The molecule has 3 heteroatoms. The van der Waals surface area contributed by atoms with E-state index in [0.29, 0.717) is 0 Å². The van der Waals surface area contributed by atoms with Crippen molar-refractivity contribution in [3.8, 4) is 0 Å². The number of unbranched alkanes of at least 4 members (excludes halogenated alkanes) is 4. The van der Waals surface area contributed by atoms with Gasteiger partial charge >= 0.3 is 0 Å². The molecule has 0 atom stereocenters. The highest BCUT2D eigenvalue weighted by atomic mass is 15.1. The predicted molar refractivity (Wildman–Crippen MR) is 166 cm³/mol. The summed E-state index contributed by atoms with van der Waals surface area (Å²) >= 11 is 0. The molecule has 0 heterocycles. The number of hydrogen-bond donors (Lipinski definition) is 0. The minimum atomic E-state index is 1.00. The third-order valence-electron chi connectivity index (χ3n) is 7.18. The molecule has 3 rings (SSSR count). The summed E-state index contributed by atoms with van der Waals surface area (Å²) in [5, 5.41) is 0. The molecule has 0 unspecified atom stereocenters. The van der Waals surface area contributed by atoms with Crippen molar-refractivity contribution >= 4 is 28.5 Å². The van der Waals surface area contributed by atoms with Crippen LogP contribution in [0.2, 0.25) is 0 Å². The average Bonchev–Trinajstić information content (AvgIpc) is 2.95. The summed E-state index contributed by atoms with van der Waals surface area (Å²) in [5.41, 5.74) is 6.31. The first-order valence-corrected chi connectivity index (χ1v) is 14.9. The Morgan fingerprint density at radius 1 is 0.541 bits per heavy atom. The first kappa shape index (κ1) is 28.8. The minimum Gasteiger partial charge on any atom is -0.372 e. The molecule has 0 amide bonds. The quantitative estimate of drug-likeness (QED) is 0.212. The lowest BCUT2D eigenvalue weighted by molar-refractivity contribution is 0.678. The zero-order valence-electron chi connectivity index (χ0n) is 24.0. The molecule has 2 aromatic rings. The molecule has 0 bridgehead atoms. The first-order chi connectivity index (χ1) is 18.2. The van der Waals surface area contributed by atoms with Crippen molar-refractivity contribution in [1.82, 2.24) is 4.58 Å². The van der Waals surface area contributed by atoms with E-state index in [1.807, 2.05) is 0 Å². The largest absolute Gasteiger partial charge is 0.372 e. The van der Waals surface area contributed by atoms with E-state index in [9.17, 15) is 0 Å². The van der Waals surface area contributed by atoms with Gasteiger partial charge in [-0.25, -0.2) is 0 Å². The van der Waals surface area contributed by atoms with Crippen LogP contribution in [0.3, 0.4) is 0 Å². The molecule has 0 fully saturated rings. The van der Waals surface area contributed by atoms with E-state index >= 15 is 0 Å². The van der Waals surface area contributed by atoms with Gasteiger partial charge in [0.15, 0.2) is 0 Å². The summed E-state index contributed by atoms with van der Waals surface area (Å²) in [6, 6.07) is 18.5. The minimum absolute atomic E-state index is 1.00. The summed E-state index contributed by atoms with van der Waals surface area (Å²) < 4.78 is 2.39. The van der Waals surface area contributed by atoms with E-state index in [0.717, 1.165) is 32.6 Å². The second kappa shape index (κ2) is 16.1. The van der Waals surface area contributed by atoms with Crippen molar-refractivity contribution in [3.05, 3.63) is 72.8 Å². The van der Waals surface area contributed by atoms with Crippen LogP contribution >= 0.6 is 0 Å². The summed E-state index contributed by atoms with van der Waals surface area (Å²) in [6.07, 6.45) is 19.9. The Labute approximate surface area is 227 Å². The third-order valence-corrected chi connectivity index (χ3v) is 7.18. The average molecular weight is 501 g/mol. The maximum atomic E-state index is 2.56. The molecular weight excluding hydrogens is 450 g/mol. The normalized spacial score (nSPS) is 12.7. The van der Waals surface area contributed by atoms with Crippen molar-refractivity contribution < 1.29 is 0 Å². The van der Waals surface area contributed by atoms with Crippen LogP contribution in [0.4, 0.5) is 22.7 Å². The second-order valence-electron chi connectivity index (χ2n) is 10.2. The zero-order chi connectivity index (χ0) is 26.3. The van der Waals surface area contributed by atoms with Crippen LogP contribution < -0.4 is 14.4 Å². The number of nitrogens with zero attached hydrogens (tertiary/aromatic N) is 3. The standard InChI is InChI=1S/C34H50N3/c1-5-9-26-35(27-10-6-2)30-18-22-33(23-19-30)37(32-16-14-13-15-17-32)34-24-20-31(21-25-34)36(28-11-7-3)29-12-8-4/h14-25H,5-13,26-29H2,1-4H3/q+1. The fraction of sp³-hybridized carbons (Fsp3) is 0.500. The Kier molecular flexibility index (Phi) is 12.5. The number of hydrogen-bond acceptors (Lipinski definition) is 2. The van der Waals surface area contributed by atoms with E-state index in [-0.39, 0.29) is 0 Å². The van der Waals surface area contributed by atoms with Crippen LogP contribution in [0.5, 0.6) is 0 Å². The number of rotatable bonds is 16. The highest BCUT2D eigenvalue weighted by molar-refractivity contribution is 6.07. The van der Waals surface area contributed by atoms with Crippen molar-refractivity contribution in [3.63, 3.8) is 0 Å². The van der Waals surface area contributed by atoms with Crippen molar-refractivity contribution in [2.45, 2.75) is 85.5 Å². The molecule has 0 aliphatic heterocycles. The van der Waals surface area contributed by atoms with E-state index in [1.54, 1.807) is 0 Å². The highest BCUT2D eigenvalue weighted by Gasteiger charge is 2.20. The van der Waals surface area contributed by atoms with Gasteiger partial charge in [-0.1, -0.05) is 65.5 Å². The van der Waals surface area contributed by atoms with Gasteiger partial charge in [0, 0.05) is 74.0 Å². The van der Waals surface area contributed by atoms with Gasteiger partial charge in [-0.2, -0.15) is 4.58 Å². The lowest BCUT2D eigenvalue weighted by Gasteiger charge is -2.25. The lowest BCUT2D eigenvalue weighted by atomic mass is 10.1. The summed E-state index contributed by atoms with van der Waals surface area (Å²) in [5.74, 6) is 0. The van der Waals surface area contributed by atoms with Crippen LogP contribution in [-0.4, -0.2) is 31.9 Å². The molecule has 200 valence electrons. The Morgan fingerprint density at radius 3 is 1.22 bits per heavy atom. The first-order valence-electron chi connectivity index (χ1n) is 14.9. The van der Waals surface area contributed by atoms with Gasteiger partial charge in [0.2, 0.25) is 17.1 Å². The Morgan fingerprint density at radius 2 is 0.892 bits per heavy atom. The van der Waals surface area contributed by atoms with Crippen molar-refractivity contribution in [2.75, 3.05) is 36.0 Å². The van der Waals surface area contributed by atoms with Gasteiger partial charge in [-0.3, -0.25) is 0 Å². The monoisotopic (exact) mass is 500 g/mol. The smallest absolute Gasteiger partial charge is 0.211 e. The van der Waals surface area contributed by atoms with E-state index in [4.69, 9.17) is 0 Å². The van der Waals surface area contributed by atoms with Gasteiger partial charge in [-0.05, 0) is 56.4 Å². The van der Waals surface area contributed by atoms with Gasteiger partial charge in [-0.15, -0.1) is 0 Å². The third kappa shape index (κ3) is 8.62. The molecule has 0 radical (unpaired) electrons. The van der Waals surface area contributed by atoms with Crippen molar-refractivity contribution in [1.29, 1.82) is 0 Å². The zero-order valence-corrected chi connectivity index (χ0v) is 24.0. The van der Waals surface area contributed by atoms with Crippen molar-refractivity contribution in [2.24, 2.45) is 0 Å². The number of anilines is 2. The van der Waals surface area contributed by atoms with E-state index in [2.05, 4.69) is 115 Å². The molecule has 0 spiro atoms. The Hall–Kier alpha value is -2.81. The molecule has 2 aromatic carbocycles. The van der Waals surface area contributed by atoms with Crippen LogP contribution in [0, 0.1) is 0 Å². The fourth-order valence-electron chi connectivity index (χ4n) is 4.87. The molecule has 0 N–H and O–H groups in total. The summed E-state index contributed by atoms with van der Waals surface area (Å²) in [6.45, 7) is 13.7. The maximum Gasteiger partial charge on any atom is 0.211 e. The molecule has 0 saturated carbocycles. The van der Waals surface area contributed by atoms with Gasteiger partial charge < -0.3 is 9.80 Å². The van der Waals surface area contributed by atoms with Crippen LogP contribution in [-0.2, 0) is 0 Å². The molecule has 0 aromatic heterocycles. The number of allylic oxidation sites excluding steroid dienone is 4. The van der Waals surface area contributed by atoms with Gasteiger partial charge in [0.25, 0.3) is 0 Å². The van der Waals surface area contributed by atoms with E-state index < -0.39 is 0 Å². The second-order valence-corrected chi connectivity index (χ2v) is 10.2. The molecule has 37 heavy (non-hydrogen) atoms. The van der Waals surface area contributed by atoms with Gasteiger partial charge in [0.1, 0.15) is 0 Å². The maximum absolute atomic E-state index is 2.56. The molecular formula is C34H50N3+. The molecule has 3 nitrogen and oxygen atoms in total. The van der Waals surface area contributed by atoms with E-state index in [1.165, 1.54) is 79.8 Å². The Bertz CT molecular complexity index is 903. The van der Waals surface area contributed by atoms with Gasteiger partial charge in [0.05, 0.1) is 0 Å².